The normalized spacial score (nSPS) is 17.6. The highest BCUT2D eigenvalue weighted by atomic mass is 19.1. The average Bonchev–Trinajstić information content (AvgIpc) is 2.42. The molecule has 0 bridgehead atoms. The van der Waals surface area contributed by atoms with Crippen LogP contribution in [0.3, 0.4) is 0 Å². The molecule has 1 fully saturated rings. The molecule has 19 heavy (non-hydrogen) atoms. The van der Waals surface area contributed by atoms with Gasteiger partial charge in [-0.1, -0.05) is 18.2 Å². The summed E-state index contributed by atoms with van der Waals surface area (Å²) in [6, 6.07) is 5.32. The quantitative estimate of drug-likeness (QED) is 0.852. The number of carbonyl (C=O) groups is 1. The Morgan fingerprint density at radius 2 is 1.95 bits per heavy atom. The highest BCUT2D eigenvalue weighted by molar-refractivity contribution is 5.76. The third kappa shape index (κ3) is 3.30. The zero-order chi connectivity index (χ0) is 13.8. The largest absolute Gasteiger partial charge is 0.369 e. The van der Waals surface area contributed by atoms with Gasteiger partial charge in [-0.3, -0.25) is 9.69 Å². The summed E-state index contributed by atoms with van der Waals surface area (Å²) >= 11 is 0. The molecule has 1 saturated heterocycles. The SMILES string of the molecule is NCc1cccc(CN2CCC(C(N)=O)CC2)c1F. The maximum Gasteiger partial charge on any atom is 0.220 e. The van der Waals surface area contributed by atoms with Crippen molar-refractivity contribution in [1.29, 1.82) is 0 Å². The van der Waals surface area contributed by atoms with E-state index in [2.05, 4.69) is 4.90 Å². The topological polar surface area (TPSA) is 72.3 Å². The van der Waals surface area contributed by atoms with E-state index in [1.54, 1.807) is 12.1 Å². The van der Waals surface area contributed by atoms with Gasteiger partial charge in [-0.25, -0.2) is 4.39 Å². The van der Waals surface area contributed by atoms with Crippen molar-refractivity contribution in [2.75, 3.05) is 13.1 Å². The molecule has 0 atom stereocenters. The minimum Gasteiger partial charge on any atom is -0.369 e. The molecular formula is C14H20FN3O. The molecule has 1 aliphatic rings. The summed E-state index contributed by atoms with van der Waals surface area (Å²) in [6.07, 6.45) is 1.51. The third-order valence-electron chi connectivity index (χ3n) is 3.76. The predicted octanol–water partition coefficient (Wildman–Crippen LogP) is 0.982. The summed E-state index contributed by atoms with van der Waals surface area (Å²) in [5.74, 6) is -0.463. The maximum atomic E-state index is 14.1. The van der Waals surface area contributed by atoms with Crippen molar-refractivity contribution in [2.45, 2.75) is 25.9 Å². The number of nitrogens with two attached hydrogens (primary N) is 2. The Balaban J connectivity index is 1.98. The molecule has 1 aliphatic heterocycles. The molecule has 0 spiro atoms. The highest BCUT2D eigenvalue weighted by Gasteiger charge is 2.23. The van der Waals surface area contributed by atoms with Gasteiger partial charge in [0.05, 0.1) is 0 Å². The van der Waals surface area contributed by atoms with Gasteiger partial charge in [-0.2, -0.15) is 0 Å². The Hall–Kier alpha value is -1.46. The van der Waals surface area contributed by atoms with Gasteiger partial charge in [-0.15, -0.1) is 0 Å². The van der Waals surface area contributed by atoms with Crippen LogP contribution in [-0.2, 0) is 17.9 Å². The van der Waals surface area contributed by atoms with Gasteiger partial charge in [-0.05, 0) is 25.9 Å². The van der Waals surface area contributed by atoms with E-state index >= 15 is 0 Å². The Labute approximate surface area is 112 Å². The zero-order valence-electron chi connectivity index (χ0n) is 10.9. The Kier molecular flexibility index (Phi) is 4.50. The molecule has 2 rings (SSSR count). The van der Waals surface area contributed by atoms with Crippen molar-refractivity contribution < 1.29 is 9.18 Å². The molecular weight excluding hydrogens is 245 g/mol. The lowest BCUT2D eigenvalue weighted by molar-refractivity contribution is -0.123. The summed E-state index contributed by atoms with van der Waals surface area (Å²) in [5, 5.41) is 0. The molecule has 0 radical (unpaired) electrons. The summed E-state index contributed by atoms with van der Waals surface area (Å²) in [7, 11) is 0. The molecule has 1 amide bonds. The molecule has 0 aliphatic carbocycles. The number of hydrogen-bond donors (Lipinski definition) is 2. The first-order valence-electron chi connectivity index (χ1n) is 6.60. The molecule has 0 aromatic heterocycles. The van der Waals surface area contributed by atoms with E-state index in [4.69, 9.17) is 11.5 Å². The fourth-order valence-electron chi connectivity index (χ4n) is 2.53. The first kappa shape index (κ1) is 14.0. The second kappa shape index (κ2) is 6.12. The number of amides is 1. The van der Waals surface area contributed by atoms with E-state index in [1.807, 2.05) is 6.07 Å². The van der Waals surface area contributed by atoms with Crippen LogP contribution < -0.4 is 11.5 Å². The van der Waals surface area contributed by atoms with Gasteiger partial charge in [0.15, 0.2) is 0 Å². The monoisotopic (exact) mass is 265 g/mol. The van der Waals surface area contributed by atoms with Crippen molar-refractivity contribution in [1.82, 2.24) is 4.90 Å². The lowest BCUT2D eigenvalue weighted by atomic mass is 9.96. The summed E-state index contributed by atoms with van der Waals surface area (Å²) in [5.41, 5.74) is 12.0. The number of benzene rings is 1. The van der Waals surface area contributed by atoms with E-state index in [-0.39, 0.29) is 24.2 Å². The maximum absolute atomic E-state index is 14.1. The smallest absolute Gasteiger partial charge is 0.220 e. The van der Waals surface area contributed by atoms with Crippen LogP contribution in [0.5, 0.6) is 0 Å². The van der Waals surface area contributed by atoms with Crippen molar-refractivity contribution >= 4 is 5.91 Å². The molecule has 4 N–H and O–H groups in total. The van der Waals surface area contributed by atoms with Crippen LogP contribution in [-0.4, -0.2) is 23.9 Å². The second-order valence-electron chi connectivity index (χ2n) is 5.05. The van der Waals surface area contributed by atoms with Crippen LogP contribution in [0.4, 0.5) is 4.39 Å². The zero-order valence-corrected chi connectivity index (χ0v) is 10.9. The van der Waals surface area contributed by atoms with E-state index in [9.17, 15) is 9.18 Å². The van der Waals surface area contributed by atoms with E-state index < -0.39 is 0 Å². The van der Waals surface area contributed by atoms with Crippen LogP contribution in [0.15, 0.2) is 18.2 Å². The lowest BCUT2D eigenvalue weighted by Gasteiger charge is -2.30. The summed E-state index contributed by atoms with van der Waals surface area (Å²) < 4.78 is 14.1. The van der Waals surface area contributed by atoms with Gasteiger partial charge in [0.25, 0.3) is 0 Å². The third-order valence-corrected chi connectivity index (χ3v) is 3.76. The Morgan fingerprint density at radius 1 is 1.32 bits per heavy atom. The summed E-state index contributed by atoms with van der Waals surface area (Å²) in [6.45, 7) is 2.33. The summed E-state index contributed by atoms with van der Waals surface area (Å²) in [4.78, 5) is 13.2. The number of likely N-dealkylation sites (tertiary alicyclic amines) is 1. The molecule has 5 heteroatoms. The molecule has 1 aromatic rings. The van der Waals surface area contributed by atoms with E-state index in [0.717, 1.165) is 25.9 Å². The number of halogens is 1. The number of hydrogen-bond acceptors (Lipinski definition) is 3. The van der Waals surface area contributed by atoms with Gasteiger partial charge >= 0.3 is 0 Å². The van der Waals surface area contributed by atoms with Crippen LogP contribution in [0.2, 0.25) is 0 Å². The molecule has 0 saturated carbocycles. The van der Waals surface area contributed by atoms with Crippen molar-refractivity contribution in [3.8, 4) is 0 Å². The fraction of sp³-hybridized carbons (Fsp3) is 0.500. The number of piperidine rings is 1. The first-order chi connectivity index (χ1) is 9.11. The predicted molar refractivity (Wildman–Crippen MR) is 71.5 cm³/mol. The van der Waals surface area contributed by atoms with Gasteiger partial charge in [0.2, 0.25) is 5.91 Å². The van der Waals surface area contributed by atoms with Gasteiger partial charge in [0.1, 0.15) is 5.82 Å². The molecule has 1 heterocycles. The number of carbonyl (C=O) groups excluding carboxylic acids is 1. The van der Waals surface area contributed by atoms with E-state index in [0.29, 0.717) is 17.7 Å². The van der Waals surface area contributed by atoms with Crippen LogP contribution in [0.25, 0.3) is 0 Å². The lowest BCUT2D eigenvalue weighted by Crippen LogP contribution is -2.38. The van der Waals surface area contributed by atoms with E-state index in [1.165, 1.54) is 0 Å². The van der Waals surface area contributed by atoms with Crippen LogP contribution in [0.1, 0.15) is 24.0 Å². The number of nitrogens with zero attached hydrogens (tertiary/aromatic N) is 1. The van der Waals surface area contributed by atoms with Gasteiger partial charge in [0, 0.05) is 30.1 Å². The Bertz CT molecular complexity index is 456. The fourth-order valence-corrected chi connectivity index (χ4v) is 2.53. The molecule has 0 unspecified atom stereocenters. The number of rotatable bonds is 4. The van der Waals surface area contributed by atoms with Gasteiger partial charge < -0.3 is 11.5 Å². The van der Waals surface area contributed by atoms with Crippen LogP contribution >= 0.6 is 0 Å². The van der Waals surface area contributed by atoms with Crippen molar-refractivity contribution in [2.24, 2.45) is 17.4 Å². The highest BCUT2D eigenvalue weighted by Crippen LogP contribution is 2.20. The minimum atomic E-state index is -0.226. The standard InChI is InChI=1S/C14H20FN3O/c15-13-11(8-16)2-1-3-12(13)9-18-6-4-10(5-7-18)14(17)19/h1-3,10H,4-9,16H2,(H2,17,19). The molecule has 4 nitrogen and oxygen atoms in total. The second-order valence-corrected chi connectivity index (χ2v) is 5.05. The first-order valence-corrected chi connectivity index (χ1v) is 6.60. The average molecular weight is 265 g/mol. The van der Waals surface area contributed by atoms with Crippen molar-refractivity contribution in [3.63, 3.8) is 0 Å². The minimum absolute atomic E-state index is 0.0310. The molecule has 104 valence electrons. The van der Waals surface area contributed by atoms with Crippen LogP contribution in [0, 0.1) is 11.7 Å². The molecule has 1 aromatic carbocycles. The Morgan fingerprint density at radius 3 is 2.53 bits per heavy atom. The van der Waals surface area contributed by atoms with Crippen molar-refractivity contribution in [3.05, 3.63) is 35.1 Å². The number of primary amides is 1.